The summed E-state index contributed by atoms with van der Waals surface area (Å²) in [6.07, 6.45) is 2.21. The summed E-state index contributed by atoms with van der Waals surface area (Å²) >= 11 is 0. The molecule has 7 nitrogen and oxygen atoms in total. The maximum absolute atomic E-state index is 10.7. The van der Waals surface area contributed by atoms with Crippen LogP contribution in [0.3, 0.4) is 0 Å². The van der Waals surface area contributed by atoms with Gasteiger partial charge in [-0.1, -0.05) is 0 Å². The van der Waals surface area contributed by atoms with Gasteiger partial charge in [-0.2, -0.15) is 4.98 Å². The highest BCUT2D eigenvalue weighted by Gasteiger charge is 2.18. The molecule has 1 aromatic heterocycles. The molecule has 0 aliphatic carbocycles. The van der Waals surface area contributed by atoms with E-state index < -0.39 is 4.92 Å². The molecule has 3 rings (SSSR count). The highest BCUT2D eigenvalue weighted by Crippen LogP contribution is 2.25. The van der Waals surface area contributed by atoms with E-state index in [9.17, 15) is 10.1 Å². The van der Waals surface area contributed by atoms with Crippen LogP contribution < -0.4 is 10.1 Å². The molecule has 1 aromatic carbocycles. The van der Waals surface area contributed by atoms with E-state index in [2.05, 4.69) is 10.3 Å². The molecule has 0 bridgehead atoms. The molecule has 2 heterocycles. The summed E-state index contributed by atoms with van der Waals surface area (Å²) in [5, 5.41) is 13.9. The van der Waals surface area contributed by atoms with Crippen molar-refractivity contribution in [2.45, 2.75) is 18.9 Å². The Balaban J connectivity index is 1.82. The number of benzene rings is 1. The van der Waals surface area contributed by atoms with Crippen molar-refractivity contribution in [1.29, 1.82) is 0 Å². The molecule has 1 aliphatic heterocycles. The Morgan fingerprint density at radius 3 is 3.16 bits per heavy atom. The second-order valence-corrected chi connectivity index (χ2v) is 4.48. The molecule has 0 radical (unpaired) electrons. The molecule has 1 atom stereocenters. The van der Waals surface area contributed by atoms with Crippen LogP contribution >= 0.6 is 0 Å². The predicted molar refractivity (Wildman–Crippen MR) is 67.2 cm³/mol. The number of rotatable bonds is 3. The molecule has 1 fully saturated rings. The van der Waals surface area contributed by atoms with Gasteiger partial charge in [-0.15, -0.1) is 0 Å². The summed E-state index contributed by atoms with van der Waals surface area (Å²) in [6.45, 7) is 1.76. The van der Waals surface area contributed by atoms with Gasteiger partial charge in [-0.25, -0.2) is 0 Å². The number of nitrogens with zero attached hydrogens (tertiary/aromatic N) is 2. The molecular formula is C12H13N3O4. The third-order valence-corrected chi connectivity index (χ3v) is 3.08. The van der Waals surface area contributed by atoms with E-state index in [1.807, 2.05) is 0 Å². The second-order valence-electron chi connectivity index (χ2n) is 4.48. The molecule has 0 spiro atoms. The van der Waals surface area contributed by atoms with Crippen molar-refractivity contribution < 1.29 is 14.1 Å². The number of aromatic nitrogens is 1. The van der Waals surface area contributed by atoms with Gasteiger partial charge in [0.05, 0.1) is 4.92 Å². The van der Waals surface area contributed by atoms with Gasteiger partial charge in [0.25, 0.3) is 5.69 Å². The van der Waals surface area contributed by atoms with Crippen molar-refractivity contribution in [1.82, 2.24) is 10.3 Å². The van der Waals surface area contributed by atoms with Gasteiger partial charge in [0.15, 0.2) is 5.58 Å². The largest absolute Gasteiger partial charge is 0.445 e. The average molecular weight is 263 g/mol. The van der Waals surface area contributed by atoms with Gasteiger partial charge in [-0.05, 0) is 25.5 Å². The standard InChI is InChI=1S/C12H13N3O4/c16-15(17)8-3-4-11-10(6-8)14-12(19-11)18-9-2-1-5-13-7-9/h3-4,6,9,13H,1-2,5,7H2/t9-/m1/s1. The van der Waals surface area contributed by atoms with Gasteiger partial charge in [0, 0.05) is 18.7 Å². The molecular weight excluding hydrogens is 250 g/mol. The monoisotopic (exact) mass is 263 g/mol. The van der Waals surface area contributed by atoms with E-state index >= 15 is 0 Å². The summed E-state index contributed by atoms with van der Waals surface area (Å²) in [6, 6.07) is 4.30. The summed E-state index contributed by atoms with van der Waals surface area (Å²) in [4.78, 5) is 14.3. The maximum Gasteiger partial charge on any atom is 0.394 e. The quantitative estimate of drug-likeness (QED) is 0.671. The molecule has 1 saturated heterocycles. The molecule has 100 valence electrons. The van der Waals surface area contributed by atoms with Gasteiger partial charge in [-0.3, -0.25) is 10.1 Å². The summed E-state index contributed by atoms with van der Waals surface area (Å²) < 4.78 is 11.1. The SMILES string of the molecule is O=[N+]([O-])c1ccc2oc(O[C@@H]3CCCNC3)nc2c1. The van der Waals surface area contributed by atoms with E-state index in [1.54, 1.807) is 0 Å². The Morgan fingerprint density at radius 1 is 1.53 bits per heavy atom. The van der Waals surface area contributed by atoms with Crippen LogP contribution in [0.25, 0.3) is 11.1 Å². The molecule has 7 heteroatoms. The minimum absolute atomic E-state index is 0.00770. The number of nitro benzene ring substituents is 1. The number of nitro groups is 1. The Bertz CT molecular complexity index is 604. The highest BCUT2D eigenvalue weighted by atomic mass is 16.6. The number of fused-ring (bicyclic) bond motifs is 1. The Hall–Kier alpha value is -2.15. The van der Waals surface area contributed by atoms with Gasteiger partial charge in [0.2, 0.25) is 0 Å². The summed E-state index contributed by atoms with van der Waals surface area (Å²) in [5.74, 6) is 0. The van der Waals surface area contributed by atoms with Crippen molar-refractivity contribution in [3.05, 3.63) is 28.3 Å². The molecule has 1 N–H and O–H groups in total. The van der Waals surface area contributed by atoms with Crippen LogP contribution in [0.4, 0.5) is 5.69 Å². The number of hydrogen-bond acceptors (Lipinski definition) is 6. The van der Waals surface area contributed by atoms with Crippen molar-refractivity contribution in [3.63, 3.8) is 0 Å². The fourth-order valence-electron chi connectivity index (χ4n) is 2.12. The smallest absolute Gasteiger partial charge is 0.394 e. The van der Waals surface area contributed by atoms with Crippen LogP contribution in [-0.2, 0) is 0 Å². The number of nitrogens with one attached hydrogen (secondary N) is 1. The van der Waals surface area contributed by atoms with Crippen LogP contribution in [0.2, 0.25) is 0 Å². The first-order valence-electron chi connectivity index (χ1n) is 6.15. The van der Waals surface area contributed by atoms with E-state index in [-0.39, 0.29) is 17.9 Å². The van der Waals surface area contributed by atoms with Gasteiger partial charge >= 0.3 is 6.08 Å². The zero-order valence-electron chi connectivity index (χ0n) is 10.2. The van der Waals surface area contributed by atoms with Crippen LogP contribution in [0, 0.1) is 10.1 Å². The first-order valence-corrected chi connectivity index (χ1v) is 6.15. The van der Waals surface area contributed by atoms with Crippen LogP contribution in [0.15, 0.2) is 22.6 Å². The molecule has 19 heavy (non-hydrogen) atoms. The van der Waals surface area contributed by atoms with Crippen molar-refractivity contribution in [2.75, 3.05) is 13.1 Å². The third kappa shape index (κ3) is 2.50. The van der Waals surface area contributed by atoms with Crippen LogP contribution in [0.1, 0.15) is 12.8 Å². The first-order chi connectivity index (χ1) is 9.22. The number of non-ortho nitro benzene ring substituents is 1. The van der Waals surface area contributed by atoms with E-state index in [0.29, 0.717) is 11.1 Å². The zero-order valence-corrected chi connectivity index (χ0v) is 10.2. The first kappa shape index (κ1) is 11.9. The lowest BCUT2D eigenvalue weighted by Gasteiger charge is -2.21. The fraction of sp³-hybridized carbons (Fsp3) is 0.417. The second kappa shape index (κ2) is 4.85. The fourth-order valence-corrected chi connectivity index (χ4v) is 2.12. The lowest BCUT2D eigenvalue weighted by molar-refractivity contribution is -0.384. The van der Waals surface area contributed by atoms with E-state index in [1.165, 1.54) is 18.2 Å². The topological polar surface area (TPSA) is 90.4 Å². The highest BCUT2D eigenvalue weighted by molar-refractivity contribution is 5.75. The Kier molecular flexibility index (Phi) is 3.04. The van der Waals surface area contributed by atoms with Gasteiger partial charge < -0.3 is 14.5 Å². The van der Waals surface area contributed by atoms with Crippen LogP contribution in [-0.4, -0.2) is 29.1 Å². The Labute approximate surface area is 108 Å². The molecule has 0 amide bonds. The molecule has 1 aliphatic rings. The summed E-state index contributed by atoms with van der Waals surface area (Å²) in [5.41, 5.74) is 0.920. The van der Waals surface area contributed by atoms with Crippen molar-refractivity contribution in [2.24, 2.45) is 0 Å². The molecule has 0 saturated carbocycles. The minimum atomic E-state index is -0.459. The van der Waals surface area contributed by atoms with E-state index in [4.69, 9.17) is 9.15 Å². The third-order valence-electron chi connectivity index (χ3n) is 3.08. The van der Waals surface area contributed by atoms with Crippen LogP contribution in [0.5, 0.6) is 6.08 Å². The van der Waals surface area contributed by atoms with Gasteiger partial charge in [0.1, 0.15) is 11.6 Å². The normalized spacial score (nSPS) is 19.5. The number of oxazole rings is 1. The lowest BCUT2D eigenvalue weighted by atomic mass is 10.1. The van der Waals surface area contributed by atoms with Crippen molar-refractivity contribution >= 4 is 16.8 Å². The zero-order chi connectivity index (χ0) is 13.2. The predicted octanol–water partition coefficient (Wildman–Crippen LogP) is 1.87. The Morgan fingerprint density at radius 2 is 2.42 bits per heavy atom. The number of ether oxygens (including phenoxy) is 1. The molecule has 0 unspecified atom stereocenters. The lowest BCUT2D eigenvalue weighted by Crippen LogP contribution is -2.37. The summed E-state index contributed by atoms with van der Waals surface area (Å²) in [7, 11) is 0. The number of piperidine rings is 1. The van der Waals surface area contributed by atoms with Crippen molar-refractivity contribution in [3.8, 4) is 6.08 Å². The molecule has 2 aromatic rings. The number of hydrogen-bond donors (Lipinski definition) is 1. The minimum Gasteiger partial charge on any atom is -0.445 e. The van der Waals surface area contributed by atoms with E-state index in [0.717, 1.165) is 25.9 Å². The maximum atomic E-state index is 10.7. The average Bonchev–Trinajstić information content (AvgIpc) is 2.80.